The van der Waals surface area contributed by atoms with Gasteiger partial charge in [0, 0.05) is 11.6 Å². The Hall–Kier alpha value is -1.53. The highest BCUT2D eigenvalue weighted by Crippen LogP contribution is 2.11. The van der Waals surface area contributed by atoms with Gasteiger partial charge in [-0.25, -0.2) is 15.0 Å². The third-order valence-corrected chi connectivity index (χ3v) is 2.68. The summed E-state index contributed by atoms with van der Waals surface area (Å²) < 4.78 is 0. The molecule has 0 radical (unpaired) electrons. The molecule has 0 aliphatic heterocycles. The lowest BCUT2D eigenvalue weighted by Gasteiger charge is -2.01. The van der Waals surface area contributed by atoms with Gasteiger partial charge in [0.25, 0.3) is 5.91 Å². The number of anilines is 1. The van der Waals surface area contributed by atoms with Crippen LogP contribution in [-0.2, 0) is 0 Å². The Morgan fingerprint density at radius 3 is 2.94 bits per heavy atom. The molecular formula is C9H7ClN4OS. The Bertz CT molecular complexity index is 528. The molecule has 7 heteroatoms. The molecule has 0 bridgehead atoms. The van der Waals surface area contributed by atoms with E-state index in [2.05, 4.69) is 20.3 Å². The van der Waals surface area contributed by atoms with Crippen LogP contribution >= 0.6 is 22.9 Å². The molecule has 0 fully saturated rings. The summed E-state index contributed by atoms with van der Waals surface area (Å²) in [6.07, 6.45) is 1.47. The van der Waals surface area contributed by atoms with E-state index < -0.39 is 0 Å². The van der Waals surface area contributed by atoms with Crippen molar-refractivity contribution in [2.75, 3.05) is 5.32 Å². The van der Waals surface area contributed by atoms with Gasteiger partial charge in [0.1, 0.15) is 11.5 Å². The predicted octanol–water partition coefficient (Wildman–Crippen LogP) is 2.15. The number of hydrogen-bond acceptors (Lipinski definition) is 5. The molecule has 16 heavy (non-hydrogen) atoms. The van der Waals surface area contributed by atoms with Crippen molar-refractivity contribution in [1.29, 1.82) is 0 Å². The lowest BCUT2D eigenvalue weighted by atomic mass is 10.4. The number of aryl methyl sites for hydroxylation is 1. The molecule has 0 spiro atoms. The van der Waals surface area contributed by atoms with E-state index in [1.807, 2.05) is 6.92 Å². The Balaban J connectivity index is 2.13. The van der Waals surface area contributed by atoms with Crippen molar-refractivity contribution in [1.82, 2.24) is 15.0 Å². The topological polar surface area (TPSA) is 67.8 Å². The minimum absolute atomic E-state index is 0.0901. The van der Waals surface area contributed by atoms with Gasteiger partial charge in [-0.2, -0.15) is 0 Å². The Labute approximate surface area is 101 Å². The summed E-state index contributed by atoms with van der Waals surface area (Å²) in [5.41, 5.74) is 0.372. The van der Waals surface area contributed by atoms with Crippen LogP contribution < -0.4 is 5.32 Å². The SMILES string of the molecule is Cc1nc(C(=O)Nc2ccnc(Cl)n2)cs1. The summed E-state index contributed by atoms with van der Waals surface area (Å²) in [5.74, 6) is 0.0507. The van der Waals surface area contributed by atoms with Crippen molar-refractivity contribution in [3.05, 3.63) is 33.6 Å². The summed E-state index contributed by atoms with van der Waals surface area (Å²) in [7, 11) is 0. The van der Waals surface area contributed by atoms with Crippen LogP contribution in [0.3, 0.4) is 0 Å². The molecule has 2 rings (SSSR count). The van der Waals surface area contributed by atoms with Crippen LogP contribution in [0.15, 0.2) is 17.6 Å². The lowest BCUT2D eigenvalue weighted by molar-refractivity contribution is 0.102. The normalized spacial score (nSPS) is 10.1. The first-order chi connectivity index (χ1) is 7.65. The van der Waals surface area contributed by atoms with Crippen molar-refractivity contribution in [3.8, 4) is 0 Å². The third-order valence-electron chi connectivity index (χ3n) is 1.72. The van der Waals surface area contributed by atoms with Crippen molar-refractivity contribution >= 4 is 34.7 Å². The van der Waals surface area contributed by atoms with Gasteiger partial charge in [-0.3, -0.25) is 4.79 Å². The van der Waals surface area contributed by atoms with Crippen molar-refractivity contribution < 1.29 is 4.79 Å². The van der Waals surface area contributed by atoms with Gasteiger partial charge in [-0.05, 0) is 24.6 Å². The van der Waals surface area contributed by atoms with Gasteiger partial charge in [-0.15, -0.1) is 11.3 Å². The summed E-state index contributed by atoms with van der Waals surface area (Å²) >= 11 is 7.01. The maximum absolute atomic E-state index is 11.7. The van der Waals surface area contributed by atoms with Crippen molar-refractivity contribution in [2.45, 2.75) is 6.92 Å². The highest BCUT2D eigenvalue weighted by atomic mass is 35.5. The monoisotopic (exact) mass is 254 g/mol. The largest absolute Gasteiger partial charge is 0.305 e. The van der Waals surface area contributed by atoms with E-state index in [4.69, 9.17) is 11.6 Å². The van der Waals surface area contributed by atoms with Crippen LogP contribution in [0.1, 0.15) is 15.5 Å². The predicted molar refractivity (Wildman–Crippen MR) is 61.8 cm³/mol. The van der Waals surface area contributed by atoms with E-state index >= 15 is 0 Å². The number of amides is 1. The zero-order valence-corrected chi connectivity index (χ0v) is 9.84. The summed E-state index contributed by atoms with van der Waals surface area (Å²) in [6.45, 7) is 1.84. The fraction of sp³-hybridized carbons (Fsp3) is 0.111. The summed E-state index contributed by atoms with van der Waals surface area (Å²) in [6, 6.07) is 1.56. The zero-order chi connectivity index (χ0) is 11.5. The van der Waals surface area contributed by atoms with Gasteiger partial charge in [-0.1, -0.05) is 0 Å². The van der Waals surface area contributed by atoms with E-state index in [0.29, 0.717) is 11.5 Å². The van der Waals surface area contributed by atoms with Gasteiger partial charge in [0.15, 0.2) is 0 Å². The molecular weight excluding hydrogens is 248 g/mol. The maximum atomic E-state index is 11.7. The number of carbonyl (C=O) groups is 1. The minimum atomic E-state index is -0.306. The number of aromatic nitrogens is 3. The van der Waals surface area contributed by atoms with Crippen LogP contribution in [0.5, 0.6) is 0 Å². The van der Waals surface area contributed by atoms with Crippen molar-refractivity contribution in [3.63, 3.8) is 0 Å². The molecule has 0 aliphatic rings. The number of nitrogens with one attached hydrogen (secondary N) is 1. The van der Waals surface area contributed by atoms with E-state index in [1.165, 1.54) is 17.5 Å². The second-order valence-corrected chi connectivity index (χ2v) is 4.32. The quantitative estimate of drug-likeness (QED) is 0.834. The first kappa shape index (κ1) is 11.0. The number of carbonyl (C=O) groups excluding carboxylic acids is 1. The second kappa shape index (κ2) is 4.54. The Morgan fingerprint density at radius 2 is 2.31 bits per heavy atom. The van der Waals surface area contributed by atoms with Crippen LogP contribution in [0.4, 0.5) is 5.82 Å². The van der Waals surface area contributed by atoms with Gasteiger partial charge in [0.05, 0.1) is 5.01 Å². The number of thiazole rings is 1. The molecule has 0 saturated heterocycles. The van der Waals surface area contributed by atoms with Crippen LogP contribution in [0.2, 0.25) is 5.28 Å². The third kappa shape index (κ3) is 2.53. The van der Waals surface area contributed by atoms with Gasteiger partial charge < -0.3 is 5.32 Å². The maximum Gasteiger partial charge on any atom is 0.276 e. The molecule has 1 amide bonds. The Kier molecular flexibility index (Phi) is 3.12. The molecule has 0 saturated carbocycles. The van der Waals surface area contributed by atoms with E-state index in [9.17, 15) is 4.79 Å². The van der Waals surface area contributed by atoms with Crippen LogP contribution in [0.25, 0.3) is 0 Å². The molecule has 2 heterocycles. The second-order valence-electron chi connectivity index (χ2n) is 2.92. The zero-order valence-electron chi connectivity index (χ0n) is 8.27. The fourth-order valence-corrected chi connectivity index (χ4v) is 1.79. The molecule has 82 valence electrons. The van der Waals surface area contributed by atoms with E-state index in [1.54, 1.807) is 11.4 Å². The summed E-state index contributed by atoms with van der Waals surface area (Å²) in [4.78, 5) is 23.3. The molecule has 5 nitrogen and oxygen atoms in total. The van der Waals surface area contributed by atoms with Gasteiger partial charge in [0.2, 0.25) is 5.28 Å². The van der Waals surface area contributed by atoms with Gasteiger partial charge >= 0.3 is 0 Å². The smallest absolute Gasteiger partial charge is 0.276 e. The van der Waals surface area contributed by atoms with Crippen LogP contribution in [0, 0.1) is 6.92 Å². The first-order valence-corrected chi connectivity index (χ1v) is 5.63. The average molecular weight is 255 g/mol. The summed E-state index contributed by atoms with van der Waals surface area (Å²) in [5, 5.41) is 5.20. The molecule has 1 N–H and O–H groups in total. The average Bonchev–Trinajstić information content (AvgIpc) is 2.65. The molecule has 0 aliphatic carbocycles. The van der Waals surface area contributed by atoms with Crippen LogP contribution in [-0.4, -0.2) is 20.9 Å². The first-order valence-electron chi connectivity index (χ1n) is 4.37. The van der Waals surface area contributed by atoms with E-state index in [0.717, 1.165) is 5.01 Å². The standard InChI is InChI=1S/C9H7ClN4OS/c1-5-12-6(4-16-5)8(15)13-7-2-3-11-9(10)14-7/h2-4H,1H3,(H,11,13,14,15). The number of nitrogens with zero attached hydrogens (tertiary/aromatic N) is 3. The molecule has 0 aromatic carbocycles. The van der Waals surface area contributed by atoms with Crippen molar-refractivity contribution in [2.24, 2.45) is 0 Å². The number of hydrogen-bond donors (Lipinski definition) is 1. The highest BCUT2D eigenvalue weighted by molar-refractivity contribution is 7.09. The fourth-order valence-electron chi connectivity index (χ4n) is 1.05. The lowest BCUT2D eigenvalue weighted by Crippen LogP contribution is -2.13. The molecule has 0 atom stereocenters. The molecule has 2 aromatic rings. The number of halogens is 1. The highest BCUT2D eigenvalue weighted by Gasteiger charge is 2.10. The minimum Gasteiger partial charge on any atom is -0.305 e. The molecule has 2 aromatic heterocycles. The Morgan fingerprint density at radius 1 is 1.50 bits per heavy atom. The number of rotatable bonds is 2. The molecule has 0 unspecified atom stereocenters. The van der Waals surface area contributed by atoms with E-state index in [-0.39, 0.29) is 11.2 Å².